The quantitative estimate of drug-likeness (QED) is 0.903. The molecule has 19 heavy (non-hydrogen) atoms. The lowest BCUT2D eigenvalue weighted by Crippen LogP contribution is -2.06. The topological polar surface area (TPSA) is 34.1 Å². The summed E-state index contributed by atoms with van der Waals surface area (Å²) in [5, 5.41) is 7.30. The molecule has 2 rings (SSSR count). The van der Waals surface area contributed by atoms with E-state index in [4.69, 9.17) is 16.3 Å². The molecule has 0 radical (unpaired) electrons. The van der Waals surface area contributed by atoms with E-state index in [1.165, 1.54) is 0 Å². The van der Waals surface area contributed by atoms with Crippen molar-refractivity contribution in [2.45, 2.75) is 20.3 Å². The second kappa shape index (κ2) is 6.26. The molecule has 1 heterocycles. The Balaban J connectivity index is 2.01. The van der Waals surface area contributed by atoms with Crippen molar-refractivity contribution < 1.29 is 4.74 Å². The molecular weight excluding hydrogens is 280 g/mol. The molecule has 0 atom stereocenters. The van der Waals surface area contributed by atoms with Crippen LogP contribution in [0.15, 0.2) is 17.5 Å². The summed E-state index contributed by atoms with van der Waals surface area (Å²) in [6, 6.07) is 3.85. The van der Waals surface area contributed by atoms with Crippen LogP contribution in [0.2, 0.25) is 5.02 Å². The summed E-state index contributed by atoms with van der Waals surface area (Å²) < 4.78 is 5.33. The molecule has 2 aromatic rings. The summed E-state index contributed by atoms with van der Waals surface area (Å²) in [5.41, 5.74) is 3.13. The first-order chi connectivity index (χ1) is 9.10. The van der Waals surface area contributed by atoms with Gasteiger partial charge in [0, 0.05) is 29.4 Å². The minimum Gasteiger partial charge on any atom is -0.495 e. The van der Waals surface area contributed by atoms with Gasteiger partial charge in [-0.05, 0) is 25.5 Å². The van der Waals surface area contributed by atoms with Crippen molar-refractivity contribution in [2.24, 2.45) is 0 Å². The molecule has 1 aromatic carbocycles. The molecule has 0 saturated carbocycles. The first-order valence-corrected chi connectivity index (χ1v) is 7.35. The minimum atomic E-state index is 0.720. The van der Waals surface area contributed by atoms with Crippen LogP contribution in [0, 0.1) is 13.8 Å². The van der Waals surface area contributed by atoms with Gasteiger partial charge in [0.15, 0.2) is 0 Å². The smallest absolute Gasteiger partial charge is 0.143 e. The van der Waals surface area contributed by atoms with E-state index in [-0.39, 0.29) is 0 Å². The second-order valence-electron chi connectivity index (χ2n) is 4.34. The highest BCUT2D eigenvalue weighted by Gasteiger charge is 2.07. The summed E-state index contributed by atoms with van der Waals surface area (Å²) in [4.78, 5) is 4.44. The molecule has 0 spiro atoms. The number of aromatic nitrogens is 1. The first-order valence-electron chi connectivity index (χ1n) is 6.09. The highest BCUT2D eigenvalue weighted by molar-refractivity contribution is 7.09. The van der Waals surface area contributed by atoms with E-state index in [9.17, 15) is 0 Å². The highest BCUT2D eigenvalue weighted by Crippen LogP contribution is 2.30. The van der Waals surface area contributed by atoms with E-state index in [1.807, 2.05) is 26.0 Å². The molecule has 102 valence electrons. The van der Waals surface area contributed by atoms with E-state index in [0.717, 1.165) is 45.7 Å². The number of hydrogen-bond donors (Lipinski definition) is 1. The Kier molecular flexibility index (Phi) is 4.66. The monoisotopic (exact) mass is 296 g/mol. The lowest BCUT2D eigenvalue weighted by Gasteiger charge is -2.12. The Morgan fingerprint density at radius 3 is 2.79 bits per heavy atom. The molecule has 0 unspecified atom stereocenters. The normalized spacial score (nSPS) is 10.5. The van der Waals surface area contributed by atoms with Gasteiger partial charge in [-0.15, -0.1) is 11.3 Å². The molecule has 1 N–H and O–H groups in total. The molecular formula is C14H17ClN2OS. The van der Waals surface area contributed by atoms with Crippen molar-refractivity contribution in [3.63, 3.8) is 0 Å². The van der Waals surface area contributed by atoms with Crippen LogP contribution >= 0.6 is 22.9 Å². The van der Waals surface area contributed by atoms with E-state index in [0.29, 0.717) is 0 Å². The summed E-state index contributed by atoms with van der Waals surface area (Å²) in [6.45, 7) is 4.82. The number of aryl methyl sites for hydroxylation is 2. The number of thiazole rings is 1. The van der Waals surface area contributed by atoms with Gasteiger partial charge in [0.25, 0.3) is 0 Å². The predicted molar refractivity (Wildman–Crippen MR) is 81.8 cm³/mol. The number of methoxy groups -OCH3 is 1. The predicted octanol–water partition coefficient (Wildman–Crippen LogP) is 4.08. The second-order valence-corrected chi connectivity index (χ2v) is 5.81. The number of anilines is 1. The molecule has 1 aromatic heterocycles. The third kappa shape index (κ3) is 3.61. The first kappa shape index (κ1) is 14.2. The number of nitrogens with one attached hydrogen (secondary N) is 1. The van der Waals surface area contributed by atoms with E-state index in [2.05, 4.69) is 15.7 Å². The van der Waals surface area contributed by atoms with Gasteiger partial charge < -0.3 is 10.1 Å². The van der Waals surface area contributed by atoms with Crippen LogP contribution in [-0.4, -0.2) is 18.6 Å². The van der Waals surface area contributed by atoms with Crippen molar-refractivity contribution in [1.29, 1.82) is 0 Å². The van der Waals surface area contributed by atoms with Crippen LogP contribution in [0.25, 0.3) is 0 Å². The third-order valence-corrected chi connectivity index (χ3v) is 4.07. The highest BCUT2D eigenvalue weighted by atomic mass is 35.5. The van der Waals surface area contributed by atoms with Gasteiger partial charge in [0.1, 0.15) is 5.75 Å². The van der Waals surface area contributed by atoms with Crippen LogP contribution in [0.4, 0.5) is 5.69 Å². The fraction of sp³-hybridized carbons (Fsp3) is 0.357. The Morgan fingerprint density at radius 2 is 2.16 bits per heavy atom. The molecule has 0 aliphatic heterocycles. The molecule has 0 bridgehead atoms. The SMILES string of the molecule is COc1cc(Cl)c(C)cc1NCCc1csc(C)n1. The van der Waals surface area contributed by atoms with E-state index >= 15 is 0 Å². The molecule has 0 amide bonds. The van der Waals surface area contributed by atoms with Gasteiger partial charge in [-0.3, -0.25) is 0 Å². The Labute approximate surface area is 122 Å². The van der Waals surface area contributed by atoms with Crippen molar-refractivity contribution >= 4 is 28.6 Å². The molecule has 0 aliphatic rings. The fourth-order valence-electron chi connectivity index (χ4n) is 1.82. The average molecular weight is 297 g/mol. The molecule has 0 saturated heterocycles. The fourth-order valence-corrected chi connectivity index (χ4v) is 2.62. The lowest BCUT2D eigenvalue weighted by molar-refractivity contribution is 0.416. The van der Waals surface area contributed by atoms with E-state index in [1.54, 1.807) is 18.4 Å². The van der Waals surface area contributed by atoms with Crippen LogP contribution in [0.5, 0.6) is 5.75 Å². The lowest BCUT2D eigenvalue weighted by atomic mass is 10.2. The van der Waals surface area contributed by atoms with Crippen LogP contribution in [-0.2, 0) is 6.42 Å². The molecule has 0 aliphatic carbocycles. The maximum Gasteiger partial charge on any atom is 0.143 e. The van der Waals surface area contributed by atoms with Crippen molar-refractivity contribution in [3.8, 4) is 5.75 Å². The molecule has 5 heteroatoms. The molecule has 3 nitrogen and oxygen atoms in total. The zero-order valence-electron chi connectivity index (χ0n) is 11.3. The standard InChI is InChI=1S/C14H17ClN2OS/c1-9-6-13(14(18-3)7-12(9)15)16-5-4-11-8-19-10(2)17-11/h6-8,16H,4-5H2,1-3H3. The number of hydrogen-bond acceptors (Lipinski definition) is 4. The van der Waals surface area contributed by atoms with Gasteiger partial charge in [0.2, 0.25) is 0 Å². The number of ether oxygens (including phenoxy) is 1. The maximum absolute atomic E-state index is 6.08. The zero-order valence-corrected chi connectivity index (χ0v) is 12.9. The van der Waals surface area contributed by atoms with Crippen LogP contribution in [0.3, 0.4) is 0 Å². The largest absolute Gasteiger partial charge is 0.495 e. The van der Waals surface area contributed by atoms with Crippen LogP contribution < -0.4 is 10.1 Å². The van der Waals surface area contributed by atoms with Gasteiger partial charge in [0.05, 0.1) is 23.5 Å². The van der Waals surface area contributed by atoms with Gasteiger partial charge in [-0.25, -0.2) is 4.98 Å². The van der Waals surface area contributed by atoms with Crippen molar-refractivity contribution in [2.75, 3.05) is 19.0 Å². The number of halogens is 1. The summed E-state index contributed by atoms with van der Waals surface area (Å²) in [7, 11) is 1.65. The molecule has 0 fully saturated rings. The minimum absolute atomic E-state index is 0.720. The summed E-state index contributed by atoms with van der Waals surface area (Å²) in [5.74, 6) is 0.769. The number of benzene rings is 1. The van der Waals surface area contributed by atoms with Gasteiger partial charge in [-0.2, -0.15) is 0 Å². The summed E-state index contributed by atoms with van der Waals surface area (Å²) >= 11 is 7.76. The van der Waals surface area contributed by atoms with E-state index < -0.39 is 0 Å². The van der Waals surface area contributed by atoms with Crippen molar-refractivity contribution in [3.05, 3.63) is 38.8 Å². The van der Waals surface area contributed by atoms with Gasteiger partial charge in [-0.1, -0.05) is 11.6 Å². The summed E-state index contributed by atoms with van der Waals surface area (Å²) in [6.07, 6.45) is 0.898. The number of nitrogens with zero attached hydrogens (tertiary/aromatic N) is 1. The van der Waals surface area contributed by atoms with Crippen molar-refractivity contribution in [1.82, 2.24) is 4.98 Å². The van der Waals surface area contributed by atoms with Crippen LogP contribution in [0.1, 0.15) is 16.3 Å². The third-order valence-electron chi connectivity index (χ3n) is 2.84. The number of rotatable bonds is 5. The Bertz CT molecular complexity index is 569. The maximum atomic E-state index is 6.08. The Hall–Kier alpha value is -1.26. The zero-order chi connectivity index (χ0) is 13.8. The Morgan fingerprint density at radius 1 is 1.37 bits per heavy atom. The van der Waals surface area contributed by atoms with Gasteiger partial charge >= 0.3 is 0 Å². The average Bonchev–Trinajstić information content (AvgIpc) is 2.79.